The van der Waals surface area contributed by atoms with Gasteiger partial charge in [0.2, 0.25) is 0 Å². The van der Waals surface area contributed by atoms with Crippen LogP contribution in [-0.2, 0) is 4.74 Å². The van der Waals surface area contributed by atoms with E-state index in [0.29, 0.717) is 18.1 Å². The van der Waals surface area contributed by atoms with Gasteiger partial charge in [0.1, 0.15) is 0 Å². The molecule has 4 aliphatic rings. The first kappa shape index (κ1) is 20.8. The fourth-order valence-electron chi connectivity index (χ4n) is 5.88. The van der Waals surface area contributed by atoms with Gasteiger partial charge in [0, 0.05) is 37.8 Å². The van der Waals surface area contributed by atoms with E-state index in [4.69, 9.17) is 4.74 Å². The third kappa shape index (κ3) is 4.21. The lowest BCUT2D eigenvalue weighted by atomic mass is 9.85. The molecule has 0 aromatic heterocycles. The van der Waals surface area contributed by atoms with Crippen LogP contribution < -0.4 is 5.32 Å². The minimum Gasteiger partial charge on any atom is -0.447 e. The molecule has 0 aromatic carbocycles. The molecule has 3 saturated heterocycles. The van der Waals surface area contributed by atoms with Crippen LogP contribution in [0.4, 0.5) is 9.59 Å². The lowest BCUT2D eigenvalue weighted by Crippen LogP contribution is -2.59. The maximum atomic E-state index is 12.6. The third-order valence-corrected chi connectivity index (χ3v) is 7.69. The molecular formula is C22H38N4O3. The van der Waals surface area contributed by atoms with Crippen LogP contribution in [0.15, 0.2) is 0 Å². The minimum atomic E-state index is -0.178. The van der Waals surface area contributed by atoms with Crippen LogP contribution in [0, 0.1) is 0 Å². The Morgan fingerprint density at radius 1 is 1.07 bits per heavy atom. The monoisotopic (exact) mass is 406 g/mol. The van der Waals surface area contributed by atoms with Crippen molar-refractivity contribution in [3.05, 3.63) is 0 Å². The molecule has 1 saturated carbocycles. The molecular weight excluding hydrogens is 368 g/mol. The van der Waals surface area contributed by atoms with Gasteiger partial charge in [-0.15, -0.1) is 0 Å². The molecule has 0 spiro atoms. The Bertz CT molecular complexity index is 609. The van der Waals surface area contributed by atoms with Crippen molar-refractivity contribution in [1.82, 2.24) is 20.0 Å². The molecule has 1 N–H and O–H groups in total. The van der Waals surface area contributed by atoms with Crippen molar-refractivity contribution in [3.8, 4) is 0 Å². The Morgan fingerprint density at radius 2 is 1.72 bits per heavy atom. The normalized spacial score (nSPS) is 31.0. The van der Waals surface area contributed by atoms with E-state index in [9.17, 15) is 9.59 Å². The molecule has 2 atom stereocenters. The van der Waals surface area contributed by atoms with Crippen molar-refractivity contribution in [2.24, 2.45) is 0 Å². The number of nitrogens with one attached hydrogen (secondary N) is 1. The number of carbonyl (C=O) groups excluding carboxylic acids is 2. The highest BCUT2D eigenvalue weighted by molar-refractivity contribution is 5.78. The number of hydrogen-bond donors (Lipinski definition) is 1. The first-order valence-corrected chi connectivity index (χ1v) is 11.7. The topological polar surface area (TPSA) is 65.1 Å². The predicted molar refractivity (Wildman–Crippen MR) is 112 cm³/mol. The van der Waals surface area contributed by atoms with Crippen LogP contribution in [0.5, 0.6) is 0 Å². The van der Waals surface area contributed by atoms with Crippen LogP contribution >= 0.6 is 0 Å². The largest absolute Gasteiger partial charge is 0.447 e. The fraction of sp³-hybridized carbons (Fsp3) is 0.909. The average Bonchev–Trinajstić information content (AvgIpc) is 3.04. The van der Waals surface area contributed by atoms with Gasteiger partial charge < -0.3 is 19.9 Å². The Morgan fingerprint density at radius 3 is 2.38 bits per heavy atom. The highest BCUT2D eigenvalue weighted by Gasteiger charge is 2.46. The highest BCUT2D eigenvalue weighted by atomic mass is 16.6. The quantitative estimate of drug-likeness (QED) is 0.782. The number of rotatable bonds is 3. The zero-order valence-corrected chi connectivity index (χ0v) is 18.4. The van der Waals surface area contributed by atoms with Crippen LogP contribution in [0.25, 0.3) is 0 Å². The maximum absolute atomic E-state index is 12.6. The molecule has 3 amide bonds. The summed E-state index contributed by atoms with van der Waals surface area (Å²) in [6.07, 6.45) is 8.64. The molecule has 0 bridgehead atoms. The van der Waals surface area contributed by atoms with Crippen LogP contribution in [-0.4, -0.2) is 82.8 Å². The Kier molecular flexibility index (Phi) is 5.96. The first-order valence-electron chi connectivity index (χ1n) is 11.7. The summed E-state index contributed by atoms with van der Waals surface area (Å²) in [6, 6.07) is 1.34. The van der Waals surface area contributed by atoms with Crippen molar-refractivity contribution < 1.29 is 14.3 Å². The van der Waals surface area contributed by atoms with Crippen molar-refractivity contribution >= 4 is 12.1 Å². The Hall–Kier alpha value is -1.50. The zero-order valence-electron chi connectivity index (χ0n) is 18.4. The number of amides is 3. The van der Waals surface area contributed by atoms with Gasteiger partial charge in [0.25, 0.3) is 0 Å². The van der Waals surface area contributed by atoms with E-state index in [1.54, 1.807) is 0 Å². The zero-order chi connectivity index (χ0) is 20.6. The van der Waals surface area contributed by atoms with Gasteiger partial charge >= 0.3 is 12.1 Å². The van der Waals surface area contributed by atoms with Crippen LogP contribution in [0.1, 0.15) is 72.1 Å². The van der Waals surface area contributed by atoms with E-state index >= 15 is 0 Å². The molecule has 4 fully saturated rings. The second-order valence-corrected chi connectivity index (χ2v) is 9.95. The number of hydrogen-bond acceptors (Lipinski definition) is 4. The lowest BCUT2D eigenvalue weighted by Gasteiger charge is -2.50. The minimum absolute atomic E-state index is 0.0682. The van der Waals surface area contributed by atoms with Crippen LogP contribution in [0.3, 0.4) is 0 Å². The number of nitrogens with zero attached hydrogens (tertiary/aromatic N) is 3. The van der Waals surface area contributed by atoms with E-state index in [2.05, 4.69) is 22.0 Å². The third-order valence-electron chi connectivity index (χ3n) is 7.69. The predicted octanol–water partition coefficient (Wildman–Crippen LogP) is 3.19. The van der Waals surface area contributed by atoms with E-state index < -0.39 is 0 Å². The van der Waals surface area contributed by atoms with Gasteiger partial charge in [0.05, 0.1) is 18.2 Å². The van der Waals surface area contributed by atoms with Gasteiger partial charge in [-0.2, -0.15) is 0 Å². The molecule has 29 heavy (non-hydrogen) atoms. The van der Waals surface area contributed by atoms with E-state index in [-0.39, 0.29) is 23.8 Å². The van der Waals surface area contributed by atoms with Gasteiger partial charge in [0.15, 0.2) is 0 Å². The number of urea groups is 1. The van der Waals surface area contributed by atoms with Gasteiger partial charge in [-0.3, -0.25) is 4.90 Å². The van der Waals surface area contributed by atoms with Gasteiger partial charge in [-0.25, -0.2) is 9.59 Å². The van der Waals surface area contributed by atoms with Gasteiger partial charge in [-0.05, 0) is 59.3 Å². The van der Waals surface area contributed by atoms with E-state index in [1.807, 2.05) is 18.7 Å². The Balaban J connectivity index is 1.29. The summed E-state index contributed by atoms with van der Waals surface area (Å²) in [5.74, 6) is 0. The standard InChI is InChI=1S/C22H38N4O3/c1-16(2)29-21(28)24-14-10-22(3,11-15-24)25-12-8-17(9-13-25)26-19-7-5-4-6-18(19)23-20(26)27/h16-19H,4-15H2,1-3H3,(H,23,27)/t18-,19-/m0/s1. The number of carbonyl (C=O) groups is 2. The first-order chi connectivity index (χ1) is 13.9. The molecule has 3 aliphatic heterocycles. The van der Waals surface area contributed by atoms with Crippen molar-refractivity contribution in [1.29, 1.82) is 0 Å². The molecule has 164 valence electrons. The van der Waals surface area contributed by atoms with Crippen molar-refractivity contribution in [3.63, 3.8) is 0 Å². The second-order valence-electron chi connectivity index (χ2n) is 9.95. The SMILES string of the molecule is CC(C)OC(=O)N1CCC(C)(N2CCC(N3C(=O)N[C@H]4CCCC[C@@H]43)CC2)CC1. The summed E-state index contributed by atoms with van der Waals surface area (Å²) in [5.41, 5.74) is 0.139. The molecule has 7 nitrogen and oxygen atoms in total. The molecule has 0 radical (unpaired) electrons. The summed E-state index contributed by atoms with van der Waals surface area (Å²) in [7, 11) is 0. The summed E-state index contributed by atoms with van der Waals surface area (Å²) in [5, 5.41) is 3.24. The molecule has 3 heterocycles. The summed E-state index contributed by atoms with van der Waals surface area (Å²) in [4.78, 5) is 31.5. The smallest absolute Gasteiger partial charge is 0.410 e. The van der Waals surface area contributed by atoms with E-state index in [0.717, 1.165) is 64.7 Å². The second kappa shape index (κ2) is 8.32. The van der Waals surface area contributed by atoms with Crippen molar-refractivity contribution in [2.75, 3.05) is 26.2 Å². The van der Waals surface area contributed by atoms with Crippen molar-refractivity contribution in [2.45, 2.75) is 102 Å². The van der Waals surface area contributed by atoms with Gasteiger partial charge in [-0.1, -0.05) is 12.8 Å². The summed E-state index contributed by atoms with van der Waals surface area (Å²) in [6.45, 7) is 9.74. The number of likely N-dealkylation sites (tertiary alicyclic amines) is 2. The molecule has 0 unspecified atom stereocenters. The molecule has 0 aromatic rings. The molecule has 1 aliphatic carbocycles. The highest BCUT2D eigenvalue weighted by Crippen LogP contribution is 2.35. The van der Waals surface area contributed by atoms with E-state index in [1.165, 1.54) is 12.8 Å². The number of fused-ring (bicyclic) bond motifs is 1. The molecule has 7 heteroatoms. The fourth-order valence-corrected chi connectivity index (χ4v) is 5.88. The maximum Gasteiger partial charge on any atom is 0.410 e. The summed E-state index contributed by atoms with van der Waals surface area (Å²) < 4.78 is 5.36. The van der Waals surface area contributed by atoms with Crippen LogP contribution in [0.2, 0.25) is 0 Å². The lowest BCUT2D eigenvalue weighted by molar-refractivity contribution is -0.00233. The summed E-state index contributed by atoms with van der Waals surface area (Å²) >= 11 is 0. The number of ether oxygens (including phenoxy) is 1. The Labute approximate surface area is 175 Å². The molecule has 4 rings (SSSR count). The average molecular weight is 407 g/mol. The number of piperidine rings is 2.